The van der Waals surface area contributed by atoms with E-state index in [1.165, 1.54) is 34.2 Å². The summed E-state index contributed by atoms with van der Waals surface area (Å²) in [6.07, 6.45) is 2.26. The SMILES string of the molecule is COc1cc2c(cc1OC)[C@H]1c3cc(C)ccc3CNC1CC2. The lowest BCUT2D eigenvalue weighted by molar-refractivity contribution is 0.349. The molecule has 1 unspecified atom stereocenters. The Bertz CT molecular complexity index is 754. The monoisotopic (exact) mass is 309 g/mol. The van der Waals surface area contributed by atoms with Gasteiger partial charge in [0.25, 0.3) is 0 Å². The van der Waals surface area contributed by atoms with E-state index in [1.807, 2.05) is 0 Å². The molecule has 1 N–H and O–H groups in total. The van der Waals surface area contributed by atoms with Gasteiger partial charge in [-0.15, -0.1) is 0 Å². The van der Waals surface area contributed by atoms with Crippen LogP contribution in [-0.2, 0) is 13.0 Å². The van der Waals surface area contributed by atoms with Crippen LogP contribution in [-0.4, -0.2) is 20.3 Å². The molecule has 2 atom stereocenters. The van der Waals surface area contributed by atoms with Crippen LogP contribution in [0.5, 0.6) is 11.5 Å². The van der Waals surface area contributed by atoms with Crippen LogP contribution >= 0.6 is 0 Å². The van der Waals surface area contributed by atoms with E-state index >= 15 is 0 Å². The van der Waals surface area contributed by atoms with Gasteiger partial charge in [-0.25, -0.2) is 0 Å². The molecule has 1 aliphatic heterocycles. The number of aryl methyl sites for hydroxylation is 2. The van der Waals surface area contributed by atoms with Gasteiger partial charge in [0, 0.05) is 18.5 Å². The number of ether oxygens (including phenoxy) is 2. The number of nitrogens with one attached hydrogen (secondary N) is 1. The fourth-order valence-corrected chi connectivity index (χ4v) is 4.15. The summed E-state index contributed by atoms with van der Waals surface area (Å²) in [6.45, 7) is 3.15. The maximum Gasteiger partial charge on any atom is 0.161 e. The molecular formula is C20H23NO2. The van der Waals surface area contributed by atoms with Crippen LogP contribution in [0.3, 0.4) is 0 Å². The minimum Gasteiger partial charge on any atom is -0.493 e. The van der Waals surface area contributed by atoms with Crippen molar-refractivity contribution in [2.24, 2.45) is 0 Å². The van der Waals surface area contributed by atoms with Crippen LogP contribution < -0.4 is 14.8 Å². The number of rotatable bonds is 2. The van der Waals surface area contributed by atoms with Crippen molar-refractivity contribution in [3.8, 4) is 11.5 Å². The quantitative estimate of drug-likeness (QED) is 0.920. The molecule has 0 fully saturated rings. The lowest BCUT2D eigenvalue weighted by Gasteiger charge is -2.40. The molecule has 23 heavy (non-hydrogen) atoms. The summed E-state index contributed by atoms with van der Waals surface area (Å²) in [5.41, 5.74) is 7.00. The van der Waals surface area contributed by atoms with Crippen molar-refractivity contribution in [1.29, 1.82) is 0 Å². The van der Waals surface area contributed by atoms with E-state index in [1.54, 1.807) is 14.2 Å². The first kappa shape index (κ1) is 14.6. The van der Waals surface area contributed by atoms with Crippen molar-refractivity contribution in [3.63, 3.8) is 0 Å². The third-order valence-electron chi connectivity index (χ3n) is 5.30. The Morgan fingerprint density at radius 1 is 0.957 bits per heavy atom. The lowest BCUT2D eigenvalue weighted by Crippen LogP contribution is -2.42. The van der Waals surface area contributed by atoms with Crippen molar-refractivity contribution in [3.05, 3.63) is 58.1 Å². The van der Waals surface area contributed by atoms with Gasteiger partial charge in [-0.1, -0.05) is 23.8 Å². The normalized spacial score (nSPS) is 21.9. The third-order valence-corrected chi connectivity index (χ3v) is 5.30. The Morgan fingerprint density at radius 2 is 1.70 bits per heavy atom. The van der Waals surface area contributed by atoms with Gasteiger partial charge in [0.2, 0.25) is 0 Å². The summed E-state index contributed by atoms with van der Waals surface area (Å²) in [4.78, 5) is 0. The Hall–Kier alpha value is -2.00. The van der Waals surface area contributed by atoms with Crippen molar-refractivity contribution in [1.82, 2.24) is 5.32 Å². The standard InChI is InChI=1S/C20H23NO2/c1-12-4-5-14-11-21-17-7-6-13-9-18(22-2)19(23-3)10-16(13)20(17)15(14)8-12/h4-5,8-10,17,20-21H,6-7,11H2,1-3H3/t17?,20-/m1/s1. The molecule has 1 aliphatic carbocycles. The van der Waals surface area contributed by atoms with Gasteiger partial charge in [0.05, 0.1) is 14.2 Å². The Balaban J connectivity index is 1.89. The van der Waals surface area contributed by atoms with Crippen LogP contribution in [0, 0.1) is 6.92 Å². The molecule has 3 heteroatoms. The second-order valence-electron chi connectivity index (χ2n) is 6.61. The largest absolute Gasteiger partial charge is 0.493 e. The van der Waals surface area contributed by atoms with Crippen molar-refractivity contribution in [2.45, 2.75) is 38.3 Å². The number of hydrogen-bond acceptors (Lipinski definition) is 3. The zero-order chi connectivity index (χ0) is 16.0. The van der Waals surface area contributed by atoms with E-state index in [2.05, 4.69) is 42.6 Å². The van der Waals surface area contributed by atoms with Crippen molar-refractivity contribution >= 4 is 0 Å². The maximum atomic E-state index is 5.55. The Labute approximate surface area is 137 Å². The van der Waals surface area contributed by atoms with Crippen molar-refractivity contribution in [2.75, 3.05) is 14.2 Å². The number of benzene rings is 2. The molecule has 0 saturated heterocycles. The Morgan fingerprint density at radius 3 is 2.48 bits per heavy atom. The molecule has 0 aromatic heterocycles. The van der Waals surface area contributed by atoms with Crippen LogP contribution in [0.1, 0.15) is 40.2 Å². The fourth-order valence-electron chi connectivity index (χ4n) is 4.15. The third kappa shape index (κ3) is 2.31. The van der Waals surface area contributed by atoms with E-state index in [4.69, 9.17) is 9.47 Å². The van der Waals surface area contributed by atoms with Gasteiger partial charge in [-0.3, -0.25) is 0 Å². The molecule has 0 spiro atoms. The molecule has 2 aliphatic rings. The summed E-state index contributed by atoms with van der Waals surface area (Å²) in [6, 6.07) is 11.7. The van der Waals surface area contributed by atoms with E-state index in [0.29, 0.717) is 12.0 Å². The fraction of sp³-hybridized carbons (Fsp3) is 0.400. The topological polar surface area (TPSA) is 30.5 Å². The van der Waals surface area contributed by atoms with Gasteiger partial charge in [0.1, 0.15) is 0 Å². The number of fused-ring (bicyclic) bond motifs is 5. The Kier molecular flexibility index (Phi) is 3.53. The molecule has 0 bridgehead atoms. The molecule has 2 aromatic carbocycles. The summed E-state index contributed by atoms with van der Waals surface area (Å²) in [5.74, 6) is 2.06. The van der Waals surface area contributed by atoms with E-state index < -0.39 is 0 Å². The first-order valence-corrected chi connectivity index (χ1v) is 8.29. The smallest absolute Gasteiger partial charge is 0.161 e. The van der Waals surface area contributed by atoms with Gasteiger partial charge in [0.15, 0.2) is 11.5 Å². The number of methoxy groups -OCH3 is 2. The highest BCUT2D eigenvalue weighted by atomic mass is 16.5. The van der Waals surface area contributed by atoms with E-state index in [9.17, 15) is 0 Å². The van der Waals surface area contributed by atoms with E-state index in [0.717, 1.165) is 24.5 Å². The predicted octanol–water partition coefficient (Wildman–Crippen LogP) is 3.56. The van der Waals surface area contributed by atoms with Gasteiger partial charge >= 0.3 is 0 Å². The average molecular weight is 309 g/mol. The number of hydrogen-bond donors (Lipinski definition) is 1. The summed E-state index contributed by atoms with van der Waals surface area (Å²) in [7, 11) is 3.42. The molecule has 0 saturated carbocycles. The first-order valence-electron chi connectivity index (χ1n) is 8.29. The highest BCUT2D eigenvalue weighted by Crippen LogP contribution is 2.44. The molecule has 120 valence electrons. The second kappa shape index (κ2) is 5.57. The summed E-state index contributed by atoms with van der Waals surface area (Å²) >= 11 is 0. The first-order chi connectivity index (χ1) is 11.2. The molecule has 4 rings (SSSR count). The maximum absolute atomic E-state index is 5.55. The lowest BCUT2D eigenvalue weighted by atomic mass is 9.72. The molecule has 0 amide bonds. The molecule has 3 nitrogen and oxygen atoms in total. The minimum atomic E-state index is 0.405. The van der Waals surface area contributed by atoms with Crippen molar-refractivity contribution < 1.29 is 9.47 Å². The summed E-state index contributed by atoms with van der Waals surface area (Å²) < 4.78 is 11.0. The molecular weight excluding hydrogens is 286 g/mol. The average Bonchev–Trinajstić information content (AvgIpc) is 2.59. The van der Waals surface area contributed by atoms with Crippen LogP contribution in [0.2, 0.25) is 0 Å². The van der Waals surface area contributed by atoms with Gasteiger partial charge in [-0.2, -0.15) is 0 Å². The zero-order valence-corrected chi connectivity index (χ0v) is 14.0. The molecule has 2 aromatic rings. The second-order valence-corrected chi connectivity index (χ2v) is 6.61. The highest BCUT2D eigenvalue weighted by Gasteiger charge is 2.35. The summed E-state index contributed by atoms with van der Waals surface area (Å²) in [5, 5.41) is 3.73. The predicted molar refractivity (Wildman–Crippen MR) is 91.5 cm³/mol. The van der Waals surface area contributed by atoms with Crippen LogP contribution in [0.4, 0.5) is 0 Å². The van der Waals surface area contributed by atoms with Gasteiger partial charge in [-0.05, 0) is 54.2 Å². The van der Waals surface area contributed by atoms with Crippen LogP contribution in [0.25, 0.3) is 0 Å². The molecule has 1 heterocycles. The minimum absolute atomic E-state index is 0.405. The highest BCUT2D eigenvalue weighted by molar-refractivity contribution is 5.54. The zero-order valence-electron chi connectivity index (χ0n) is 14.0. The van der Waals surface area contributed by atoms with Gasteiger partial charge < -0.3 is 14.8 Å². The van der Waals surface area contributed by atoms with E-state index in [-0.39, 0.29) is 0 Å². The van der Waals surface area contributed by atoms with Crippen LogP contribution in [0.15, 0.2) is 30.3 Å². The molecule has 0 radical (unpaired) electrons.